The van der Waals surface area contributed by atoms with Crippen LogP contribution in [0.3, 0.4) is 0 Å². The number of hydrogen-bond acceptors (Lipinski definition) is 6. The minimum Gasteiger partial charge on any atom is -0.495 e. The molecule has 1 aliphatic rings. The van der Waals surface area contributed by atoms with E-state index in [9.17, 15) is 18.5 Å². The third-order valence-corrected chi connectivity index (χ3v) is 6.29. The third kappa shape index (κ3) is 3.86. The number of sulfonamides is 1. The van der Waals surface area contributed by atoms with Gasteiger partial charge in [-0.1, -0.05) is 6.07 Å². The summed E-state index contributed by atoms with van der Waals surface area (Å²) >= 11 is 0. The van der Waals surface area contributed by atoms with Crippen LogP contribution in [0.2, 0.25) is 0 Å². The number of likely N-dealkylation sites (tertiary alicyclic amines) is 1. The Morgan fingerprint density at radius 1 is 1.30 bits per heavy atom. The summed E-state index contributed by atoms with van der Waals surface area (Å²) in [7, 11) is -0.427. The fourth-order valence-electron chi connectivity index (χ4n) is 2.77. The lowest BCUT2D eigenvalue weighted by molar-refractivity contribution is 0.197. The van der Waals surface area contributed by atoms with Crippen molar-refractivity contribution < 1.29 is 23.2 Å². The molecule has 128 valence electrons. The largest absolute Gasteiger partial charge is 0.495 e. The average Bonchev–Trinajstić information content (AvgIpc) is 2.54. The zero-order valence-corrected chi connectivity index (χ0v) is 14.5. The Hall–Kier alpha value is -1.13. The van der Waals surface area contributed by atoms with E-state index in [1.165, 1.54) is 29.6 Å². The van der Waals surface area contributed by atoms with Crippen LogP contribution in [0.4, 0.5) is 0 Å². The van der Waals surface area contributed by atoms with Gasteiger partial charge in [0, 0.05) is 13.1 Å². The molecule has 0 atom stereocenters. The highest BCUT2D eigenvalue weighted by Gasteiger charge is 2.32. The lowest BCUT2D eigenvalue weighted by Crippen LogP contribution is -2.44. The van der Waals surface area contributed by atoms with Crippen molar-refractivity contribution in [2.45, 2.75) is 23.8 Å². The van der Waals surface area contributed by atoms with E-state index < -0.39 is 17.1 Å². The fraction of sp³-hybridized carbons (Fsp3) is 0.571. The van der Waals surface area contributed by atoms with Gasteiger partial charge in [0.15, 0.2) is 0 Å². The first-order valence-corrected chi connectivity index (χ1v) is 8.92. The predicted molar refractivity (Wildman–Crippen MR) is 88.3 cm³/mol. The predicted octanol–water partition coefficient (Wildman–Crippen LogP) is -0.910. The van der Waals surface area contributed by atoms with Crippen molar-refractivity contribution in [2.24, 2.45) is 0 Å². The Kier molecular flexibility index (Phi) is 5.69. The molecule has 0 bridgehead atoms. The molecule has 23 heavy (non-hydrogen) atoms. The topological polar surface area (TPSA) is 90.3 Å². The van der Waals surface area contributed by atoms with Gasteiger partial charge in [-0.2, -0.15) is 4.31 Å². The van der Waals surface area contributed by atoms with Gasteiger partial charge in [0.25, 0.3) is 0 Å². The van der Waals surface area contributed by atoms with Crippen molar-refractivity contribution >= 4 is 22.6 Å². The number of hydrogen-bond donors (Lipinski definition) is 2. The molecule has 1 fully saturated rings. The Bertz CT molecular complexity index is 645. The summed E-state index contributed by atoms with van der Waals surface area (Å²) in [5.41, 5.74) is 0.183. The standard InChI is InChI=1S/C14H23BN2O5S/c1-16-8-6-12(7-9-16)17(2)23(20,21)14-5-4-11(15(18)19)10-13(14)22-3/h4-5,10,12,18-19H,6-9H2,1-3H3. The molecule has 0 amide bonds. The maximum atomic E-state index is 12.9. The van der Waals surface area contributed by atoms with Gasteiger partial charge in [-0.3, -0.25) is 0 Å². The summed E-state index contributed by atoms with van der Waals surface area (Å²) < 4.78 is 32.3. The van der Waals surface area contributed by atoms with Crippen LogP contribution in [0, 0.1) is 0 Å². The lowest BCUT2D eigenvalue weighted by atomic mass is 9.80. The highest BCUT2D eigenvalue weighted by atomic mass is 32.2. The summed E-state index contributed by atoms with van der Waals surface area (Å²) in [4.78, 5) is 2.21. The number of nitrogens with zero attached hydrogens (tertiary/aromatic N) is 2. The van der Waals surface area contributed by atoms with E-state index in [4.69, 9.17) is 4.74 Å². The van der Waals surface area contributed by atoms with Gasteiger partial charge < -0.3 is 19.7 Å². The summed E-state index contributed by atoms with van der Waals surface area (Å²) in [6, 6.07) is 4.01. The molecular formula is C14H23BN2O5S. The first-order chi connectivity index (χ1) is 10.8. The molecule has 2 N–H and O–H groups in total. The molecule has 1 aromatic rings. The van der Waals surface area contributed by atoms with Crippen molar-refractivity contribution in [3.05, 3.63) is 18.2 Å². The number of piperidine rings is 1. The molecule has 0 radical (unpaired) electrons. The minimum absolute atomic E-state index is 0.0332. The molecule has 0 aromatic heterocycles. The van der Waals surface area contributed by atoms with Crippen LogP contribution < -0.4 is 10.2 Å². The Balaban J connectivity index is 2.31. The van der Waals surface area contributed by atoms with Crippen molar-refractivity contribution in [1.82, 2.24) is 9.21 Å². The van der Waals surface area contributed by atoms with E-state index in [1.807, 2.05) is 7.05 Å². The van der Waals surface area contributed by atoms with Crippen LogP contribution in [-0.2, 0) is 10.0 Å². The first-order valence-electron chi connectivity index (χ1n) is 7.48. The van der Waals surface area contributed by atoms with Gasteiger partial charge in [0.2, 0.25) is 10.0 Å². The van der Waals surface area contributed by atoms with Gasteiger partial charge in [-0.15, -0.1) is 0 Å². The zero-order valence-electron chi connectivity index (χ0n) is 13.6. The second-order valence-corrected chi connectivity index (χ2v) is 7.81. The smallest absolute Gasteiger partial charge is 0.488 e. The molecule has 7 nitrogen and oxygen atoms in total. The van der Waals surface area contributed by atoms with Gasteiger partial charge in [0.1, 0.15) is 10.6 Å². The molecule has 1 heterocycles. The highest BCUT2D eigenvalue weighted by molar-refractivity contribution is 7.89. The van der Waals surface area contributed by atoms with Crippen LogP contribution >= 0.6 is 0 Å². The summed E-state index contributed by atoms with van der Waals surface area (Å²) in [5.74, 6) is 0.107. The normalized spacial score (nSPS) is 17.5. The zero-order chi connectivity index (χ0) is 17.2. The molecule has 0 aliphatic carbocycles. The summed E-state index contributed by atoms with van der Waals surface area (Å²) in [6.45, 7) is 1.72. The molecule has 1 aromatic carbocycles. The molecule has 0 saturated carbocycles. The molecule has 1 saturated heterocycles. The molecule has 1 aliphatic heterocycles. The lowest BCUT2D eigenvalue weighted by Gasteiger charge is -2.34. The van der Waals surface area contributed by atoms with Crippen molar-refractivity contribution in [1.29, 1.82) is 0 Å². The number of rotatable bonds is 5. The van der Waals surface area contributed by atoms with Crippen LogP contribution in [0.1, 0.15) is 12.8 Å². The number of methoxy groups -OCH3 is 1. The Morgan fingerprint density at radius 3 is 2.43 bits per heavy atom. The minimum atomic E-state index is -3.71. The van der Waals surface area contributed by atoms with E-state index in [2.05, 4.69) is 4.90 Å². The maximum Gasteiger partial charge on any atom is 0.488 e. The van der Waals surface area contributed by atoms with E-state index in [0.717, 1.165) is 25.9 Å². The summed E-state index contributed by atoms with van der Waals surface area (Å²) in [6.07, 6.45) is 1.56. The average molecular weight is 342 g/mol. The van der Waals surface area contributed by atoms with Gasteiger partial charge in [0.05, 0.1) is 7.11 Å². The molecule has 9 heteroatoms. The molecule has 0 unspecified atom stereocenters. The van der Waals surface area contributed by atoms with Crippen LogP contribution in [-0.4, -0.2) is 75.1 Å². The quantitative estimate of drug-likeness (QED) is 0.674. The van der Waals surface area contributed by atoms with Crippen molar-refractivity contribution in [2.75, 3.05) is 34.3 Å². The van der Waals surface area contributed by atoms with E-state index >= 15 is 0 Å². The van der Waals surface area contributed by atoms with Crippen molar-refractivity contribution in [3.63, 3.8) is 0 Å². The van der Waals surface area contributed by atoms with Crippen LogP contribution in [0.15, 0.2) is 23.1 Å². The second-order valence-electron chi connectivity index (χ2n) is 5.84. The number of ether oxygens (including phenoxy) is 1. The van der Waals surface area contributed by atoms with E-state index in [1.54, 1.807) is 7.05 Å². The fourth-order valence-corrected chi connectivity index (χ4v) is 4.32. The molecule has 0 spiro atoms. The molecular weight excluding hydrogens is 319 g/mol. The maximum absolute atomic E-state index is 12.9. The van der Waals surface area contributed by atoms with Gasteiger partial charge in [-0.05, 0) is 50.6 Å². The van der Waals surface area contributed by atoms with E-state index in [0.29, 0.717) is 0 Å². The Morgan fingerprint density at radius 2 is 1.91 bits per heavy atom. The summed E-state index contributed by atoms with van der Waals surface area (Å²) in [5, 5.41) is 18.4. The van der Waals surface area contributed by atoms with Crippen molar-refractivity contribution in [3.8, 4) is 5.75 Å². The third-order valence-electron chi connectivity index (χ3n) is 4.35. The second kappa shape index (κ2) is 7.19. The SMILES string of the molecule is COc1cc(B(O)O)ccc1S(=O)(=O)N(C)C1CCN(C)CC1. The van der Waals surface area contributed by atoms with Gasteiger partial charge >= 0.3 is 7.12 Å². The van der Waals surface area contributed by atoms with Gasteiger partial charge in [-0.25, -0.2) is 8.42 Å². The van der Waals surface area contributed by atoms with E-state index in [-0.39, 0.29) is 22.1 Å². The monoisotopic (exact) mass is 342 g/mol. The number of benzene rings is 1. The van der Waals surface area contributed by atoms with Crippen LogP contribution in [0.5, 0.6) is 5.75 Å². The highest BCUT2D eigenvalue weighted by Crippen LogP contribution is 2.28. The van der Waals surface area contributed by atoms with Crippen LogP contribution in [0.25, 0.3) is 0 Å². The molecule has 2 rings (SSSR count). The Labute approximate surface area is 137 Å². The first kappa shape index (κ1) is 18.2.